The molecule has 10 heteroatoms. The number of nitrogens with zero attached hydrogens (tertiary/aromatic N) is 8. The molecule has 7 heterocycles. The third-order valence-electron chi connectivity index (χ3n) is 6.98. The van der Waals surface area contributed by atoms with Crippen molar-refractivity contribution in [3.8, 4) is 28.3 Å². The van der Waals surface area contributed by atoms with Crippen molar-refractivity contribution in [2.75, 3.05) is 13.1 Å². The highest BCUT2D eigenvalue weighted by molar-refractivity contribution is 5.94. The molecule has 184 valence electrons. The van der Waals surface area contributed by atoms with Crippen LogP contribution in [0.2, 0.25) is 0 Å². The first-order valence-electron chi connectivity index (χ1n) is 12.6. The number of piperidine rings is 1. The molecule has 0 aliphatic carbocycles. The predicted molar refractivity (Wildman–Crippen MR) is 141 cm³/mol. The Balaban J connectivity index is 1.26. The first-order valence-corrected chi connectivity index (χ1v) is 12.6. The molecule has 0 radical (unpaired) electrons. The smallest absolute Gasteiger partial charge is 0.161 e. The average Bonchev–Trinajstić information content (AvgIpc) is 3.66. The molecule has 2 N–H and O–H groups in total. The highest BCUT2D eigenvalue weighted by atomic mass is 15.2. The van der Waals surface area contributed by atoms with Crippen LogP contribution in [0.1, 0.15) is 30.5 Å². The second-order valence-electron chi connectivity index (χ2n) is 9.65. The summed E-state index contributed by atoms with van der Waals surface area (Å²) in [6.45, 7) is 5.21. The number of imidazole rings is 2. The molecule has 0 atom stereocenters. The summed E-state index contributed by atoms with van der Waals surface area (Å²) in [5.41, 5.74) is 7.95. The number of hydrogen-bond donors (Lipinski definition) is 2. The normalized spacial score (nSPS) is 14.6. The maximum atomic E-state index is 4.88. The molecule has 0 amide bonds. The van der Waals surface area contributed by atoms with Gasteiger partial charge in [-0.05, 0) is 56.6 Å². The third kappa shape index (κ3) is 4.05. The molecule has 0 unspecified atom stereocenters. The van der Waals surface area contributed by atoms with Gasteiger partial charge in [0, 0.05) is 48.7 Å². The van der Waals surface area contributed by atoms with E-state index in [0.29, 0.717) is 22.8 Å². The van der Waals surface area contributed by atoms with Crippen LogP contribution in [-0.2, 0) is 6.54 Å². The predicted octanol–water partition coefficient (Wildman–Crippen LogP) is 4.44. The molecule has 1 fully saturated rings. The van der Waals surface area contributed by atoms with Crippen molar-refractivity contribution < 1.29 is 0 Å². The van der Waals surface area contributed by atoms with E-state index in [4.69, 9.17) is 4.98 Å². The summed E-state index contributed by atoms with van der Waals surface area (Å²) in [7, 11) is 0. The lowest BCUT2D eigenvalue weighted by atomic mass is 10.1. The maximum Gasteiger partial charge on any atom is 0.161 e. The molecule has 1 saturated heterocycles. The number of aromatic nitrogens is 9. The number of hydrogen-bond acceptors (Lipinski definition) is 7. The molecular weight excluding hydrogens is 464 g/mol. The fourth-order valence-corrected chi connectivity index (χ4v) is 5.12. The Hall–Kier alpha value is -4.44. The molecule has 7 rings (SSSR count). The lowest BCUT2D eigenvalue weighted by Crippen LogP contribution is -2.29. The van der Waals surface area contributed by atoms with Crippen LogP contribution in [-0.4, -0.2) is 62.7 Å². The molecule has 10 nitrogen and oxygen atoms in total. The molecule has 0 bridgehead atoms. The highest BCUT2D eigenvalue weighted by Crippen LogP contribution is 2.30. The van der Waals surface area contributed by atoms with Gasteiger partial charge >= 0.3 is 0 Å². The molecule has 6 aromatic heterocycles. The SMILES string of the molecule is Cc1cn(-c2ccnc3[nH]c(-c4n[nH]c5ncc(-c6cncc(CN7CCCCC7)c6)cc45)nc23)cn1. The van der Waals surface area contributed by atoms with Crippen molar-refractivity contribution in [1.29, 1.82) is 0 Å². The Morgan fingerprint density at radius 3 is 2.70 bits per heavy atom. The zero-order valence-corrected chi connectivity index (χ0v) is 20.5. The molecule has 6 aromatic rings. The molecule has 0 spiro atoms. The summed E-state index contributed by atoms with van der Waals surface area (Å²) in [4.78, 5) is 28.7. The number of aryl methyl sites for hydroxylation is 1. The van der Waals surface area contributed by atoms with Gasteiger partial charge in [0.25, 0.3) is 0 Å². The van der Waals surface area contributed by atoms with Gasteiger partial charge in [0.1, 0.15) is 11.2 Å². The van der Waals surface area contributed by atoms with Crippen molar-refractivity contribution in [1.82, 2.24) is 49.6 Å². The van der Waals surface area contributed by atoms with E-state index < -0.39 is 0 Å². The summed E-state index contributed by atoms with van der Waals surface area (Å²) in [6, 6.07) is 6.25. The molecular formula is C27H26N10. The standard InChI is InChI=1S/C27H26N10/c1-17-14-37(16-31-17)22-5-6-29-26-24(22)32-27(33-26)23-21-10-20(13-30-25(21)35-34-23)19-9-18(11-28-12-19)15-36-7-3-2-4-8-36/h5-6,9-14,16H,2-4,7-8,15H2,1H3,(H,29,32,33)(H,30,34,35). The van der Waals surface area contributed by atoms with Gasteiger partial charge in [-0.3, -0.25) is 15.0 Å². The van der Waals surface area contributed by atoms with Gasteiger partial charge in [0.05, 0.1) is 23.1 Å². The quantitative estimate of drug-likeness (QED) is 0.367. The zero-order valence-electron chi connectivity index (χ0n) is 20.5. The van der Waals surface area contributed by atoms with E-state index in [1.54, 1.807) is 12.5 Å². The number of H-pyrrole nitrogens is 2. The first kappa shape index (κ1) is 21.8. The second-order valence-corrected chi connectivity index (χ2v) is 9.65. The summed E-state index contributed by atoms with van der Waals surface area (Å²) in [5.74, 6) is 0.633. The third-order valence-corrected chi connectivity index (χ3v) is 6.98. The van der Waals surface area contributed by atoms with Crippen LogP contribution in [0.4, 0.5) is 0 Å². The fourth-order valence-electron chi connectivity index (χ4n) is 5.12. The monoisotopic (exact) mass is 490 g/mol. The highest BCUT2D eigenvalue weighted by Gasteiger charge is 2.18. The number of pyridine rings is 3. The van der Waals surface area contributed by atoms with E-state index in [9.17, 15) is 0 Å². The Morgan fingerprint density at radius 1 is 0.946 bits per heavy atom. The summed E-state index contributed by atoms with van der Waals surface area (Å²) in [6.07, 6.45) is 15.1. The fraction of sp³-hybridized carbons (Fsp3) is 0.259. The number of aromatic amines is 2. The van der Waals surface area contributed by atoms with E-state index >= 15 is 0 Å². The average molecular weight is 491 g/mol. The van der Waals surface area contributed by atoms with E-state index in [2.05, 4.69) is 52.1 Å². The molecule has 1 aliphatic heterocycles. The Kier molecular flexibility index (Phi) is 5.24. The topological polar surface area (TPSA) is 117 Å². The van der Waals surface area contributed by atoms with Crippen molar-refractivity contribution >= 4 is 22.2 Å². The number of fused-ring (bicyclic) bond motifs is 2. The van der Waals surface area contributed by atoms with Crippen LogP contribution in [0, 0.1) is 6.92 Å². The largest absolute Gasteiger partial charge is 0.321 e. The number of likely N-dealkylation sites (tertiary alicyclic amines) is 1. The molecule has 37 heavy (non-hydrogen) atoms. The van der Waals surface area contributed by atoms with Gasteiger partial charge in [-0.25, -0.2) is 19.9 Å². The Morgan fingerprint density at radius 2 is 1.84 bits per heavy atom. The summed E-state index contributed by atoms with van der Waals surface area (Å²) < 4.78 is 1.95. The van der Waals surface area contributed by atoms with Gasteiger partial charge < -0.3 is 9.55 Å². The Labute approximate surface area is 212 Å². The van der Waals surface area contributed by atoms with Crippen molar-refractivity contribution in [2.24, 2.45) is 0 Å². The minimum atomic E-state index is 0.633. The van der Waals surface area contributed by atoms with E-state index in [0.717, 1.165) is 53.0 Å². The van der Waals surface area contributed by atoms with Crippen LogP contribution in [0.25, 0.3) is 50.5 Å². The van der Waals surface area contributed by atoms with Crippen LogP contribution in [0.15, 0.2) is 55.5 Å². The van der Waals surface area contributed by atoms with E-state index in [-0.39, 0.29) is 0 Å². The lowest BCUT2D eigenvalue weighted by molar-refractivity contribution is 0.220. The lowest BCUT2D eigenvalue weighted by Gasteiger charge is -2.26. The molecule has 1 aliphatic rings. The molecule has 0 aromatic carbocycles. The van der Waals surface area contributed by atoms with Gasteiger partial charge in [0.15, 0.2) is 17.1 Å². The second kappa shape index (κ2) is 8.90. The zero-order chi connectivity index (χ0) is 24.8. The van der Waals surface area contributed by atoms with Crippen LogP contribution >= 0.6 is 0 Å². The van der Waals surface area contributed by atoms with Crippen LogP contribution in [0.5, 0.6) is 0 Å². The van der Waals surface area contributed by atoms with Gasteiger partial charge in [-0.1, -0.05) is 6.42 Å². The minimum Gasteiger partial charge on any atom is -0.321 e. The van der Waals surface area contributed by atoms with Crippen molar-refractivity contribution in [3.05, 3.63) is 66.8 Å². The van der Waals surface area contributed by atoms with Crippen LogP contribution < -0.4 is 0 Å². The Bertz CT molecular complexity index is 1720. The summed E-state index contributed by atoms with van der Waals surface area (Å²) >= 11 is 0. The first-order chi connectivity index (χ1) is 18.2. The van der Waals surface area contributed by atoms with E-state index in [1.165, 1.54) is 24.8 Å². The maximum absolute atomic E-state index is 4.88. The number of nitrogens with one attached hydrogen (secondary N) is 2. The van der Waals surface area contributed by atoms with Gasteiger partial charge in [-0.2, -0.15) is 5.10 Å². The van der Waals surface area contributed by atoms with Crippen molar-refractivity contribution in [2.45, 2.75) is 32.7 Å². The van der Waals surface area contributed by atoms with Crippen LogP contribution in [0.3, 0.4) is 0 Å². The van der Waals surface area contributed by atoms with E-state index in [1.807, 2.05) is 42.3 Å². The number of rotatable bonds is 5. The van der Waals surface area contributed by atoms with Gasteiger partial charge in [-0.15, -0.1) is 0 Å². The van der Waals surface area contributed by atoms with Crippen molar-refractivity contribution in [3.63, 3.8) is 0 Å². The molecule has 0 saturated carbocycles. The minimum absolute atomic E-state index is 0.633. The summed E-state index contributed by atoms with van der Waals surface area (Å²) in [5, 5.41) is 8.48. The van der Waals surface area contributed by atoms with Gasteiger partial charge in [0.2, 0.25) is 0 Å².